The van der Waals surface area contributed by atoms with E-state index in [1.807, 2.05) is 36.4 Å². The zero-order valence-corrected chi connectivity index (χ0v) is 8.72. The van der Waals surface area contributed by atoms with Crippen molar-refractivity contribution < 1.29 is 5.11 Å². The van der Waals surface area contributed by atoms with Gasteiger partial charge in [-0.15, -0.1) is 0 Å². The molecular formula is C14H14O. The quantitative estimate of drug-likeness (QED) is 0.782. The van der Waals surface area contributed by atoms with Gasteiger partial charge in [-0.2, -0.15) is 0 Å². The Kier molecular flexibility index (Phi) is 2.72. The van der Waals surface area contributed by atoms with Crippen LogP contribution in [0.15, 0.2) is 54.6 Å². The number of phenolic OH excluding ortho intramolecular Hbond substituents is 1. The summed E-state index contributed by atoms with van der Waals surface area (Å²) < 4.78 is 0. The maximum absolute atomic E-state index is 9.74. The van der Waals surface area contributed by atoms with Crippen molar-refractivity contribution >= 4 is 0 Å². The number of rotatable bonds is 2. The zero-order chi connectivity index (χ0) is 10.7. The lowest BCUT2D eigenvalue weighted by Crippen LogP contribution is -1.95. The number of para-hydroxylation sites is 1. The number of benzene rings is 2. The third kappa shape index (κ3) is 2.01. The van der Waals surface area contributed by atoms with Gasteiger partial charge in [0.2, 0.25) is 0 Å². The standard InChI is InChI=1S/C14H14O/c1-11(12-7-3-2-4-8-12)13-9-5-6-10-14(13)15/h2-11,15H,1H3/t11-/m0/s1. The van der Waals surface area contributed by atoms with Crippen LogP contribution in [0.2, 0.25) is 0 Å². The van der Waals surface area contributed by atoms with Crippen LogP contribution in [0.25, 0.3) is 0 Å². The van der Waals surface area contributed by atoms with Gasteiger partial charge < -0.3 is 5.11 Å². The van der Waals surface area contributed by atoms with E-state index in [9.17, 15) is 5.11 Å². The van der Waals surface area contributed by atoms with Crippen LogP contribution in [0.5, 0.6) is 5.75 Å². The second-order valence-electron chi connectivity index (χ2n) is 3.69. The molecule has 1 nitrogen and oxygen atoms in total. The van der Waals surface area contributed by atoms with Crippen LogP contribution in [-0.4, -0.2) is 5.11 Å². The van der Waals surface area contributed by atoms with Crippen molar-refractivity contribution in [1.29, 1.82) is 0 Å². The molecule has 0 saturated heterocycles. The van der Waals surface area contributed by atoms with Gasteiger partial charge >= 0.3 is 0 Å². The van der Waals surface area contributed by atoms with Crippen molar-refractivity contribution in [1.82, 2.24) is 0 Å². The fourth-order valence-electron chi connectivity index (χ4n) is 1.77. The Morgan fingerprint density at radius 1 is 0.867 bits per heavy atom. The van der Waals surface area contributed by atoms with Crippen LogP contribution < -0.4 is 0 Å². The number of hydrogen-bond acceptors (Lipinski definition) is 1. The average molecular weight is 198 g/mol. The molecule has 0 spiro atoms. The van der Waals surface area contributed by atoms with Crippen LogP contribution in [0.3, 0.4) is 0 Å². The Bertz CT molecular complexity index is 434. The highest BCUT2D eigenvalue weighted by Crippen LogP contribution is 2.30. The number of hydrogen-bond donors (Lipinski definition) is 1. The van der Waals surface area contributed by atoms with E-state index < -0.39 is 0 Å². The predicted octanol–water partition coefficient (Wildman–Crippen LogP) is 3.54. The molecule has 15 heavy (non-hydrogen) atoms. The van der Waals surface area contributed by atoms with Crippen LogP contribution in [0.1, 0.15) is 24.0 Å². The van der Waals surface area contributed by atoms with Crippen molar-refractivity contribution in [3.05, 3.63) is 65.7 Å². The maximum atomic E-state index is 9.74. The number of phenols is 1. The van der Waals surface area contributed by atoms with Crippen molar-refractivity contribution in [2.45, 2.75) is 12.8 Å². The van der Waals surface area contributed by atoms with E-state index in [1.165, 1.54) is 5.56 Å². The summed E-state index contributed by atoms with van der Waals surface area (Å²) in [5.74, 6) is 0.598. The summed E-state index contributed by atoms with van der Waals surface area (Å²) in [5, 5.41) is 9.74. The molecule has 1 atom stereocenters. The van der Waals surface area contributed by atoms with Crippen molar-refractivity contribution in [2.24, 2.45) is 0 Å². The first kappa shape index (κ1) is 9.78. The molecule has 0 unspecified atom stereocenters. The predicted molar refractivity (Wildman–Crippen MR) is 62.1 cm³/mol. The molecule has 0 aliphatic rings. The zero-order valence-electron chi connectivity index (χ0n) is 8.72. The minimum absolute atomic E-state index is 0.229. The van der Waals surface area contributed by atoms with Gasteiger partial charge in [-0.25, -0.2) is 0 Å². The number of aromatic hydroxyl groups is 1. The molecule has 2 aromatic carbocycles. The van der Waals surface area contributed by atoms with Gasteiger partial charge in [-0.3, -0.25) is 0 Å². The monoisotopic (exact) mass is 198 g/mol. The minimum atomic E-state index is 0.229. The summed E-state index contributed by atoms with van der Waals surface area (Å²) in [5.41, 5.74) is 2.20. The Balaban J connectivity index is 2.37. The molecule has 0 aromatic heterocycles. The molecule has 0 radical (unpaired) electrons. The Labute approximate surface area is 90.0 Å². The molecule has 2 rings (SSSR count). The first-order valence-corrected chi connectivity index (χ1v) is 5.12. The van der Waals surface area contributed by atoms with Gasteiger partial charge in [0.25, 0.3) is 0 Å². The molecule has 0 amide bonds. The van der Waals surface area contributed by atoms with Gasteiger partial charge in [0.05, 0.1) is 0 Å². The normalized spacial score (nSPS) is 12.3. The van der Waals surface area contributed by atoms with Crippen LogP contribution in [-0.2, 0) is 0 Å². The van der Waals surface area contributed by atoms with Crippen molar-refractivity contribution in [3.63, 3.8) is 0 Å². The summed E-state index contributed by atoms with van der Waals surface area (Å²) in [6.45, 7) is 2.10. The minimum Gasteiger partial charge on any atom is -0.508 e. The largest absolute Gasteiger partial charge is 0.508 e. The van der Waals surface area contributed by atoms with E-state index in [-0.39, 0.29) is 5.92 Å². The van der Waals surface area contributed by atoms with E-state index in [0.717, 1.165) is 5.56 Å². The maximum Gasteiger partial charge on any atom is 0.119 e. The Morgan fingerprint density at radius 2 is 1.47 bits per heavy atom. The molecule has 1 N–H and O–H groups in total. The molecule has 0 aliphatic heterocycles. The molecular weight excluding hydrogens is 184 g/mol. The lowest BCUT2D eigenvalue weighted by atomic mass is 9.93. The summed E-state index contributed by atoms with van der Waals surface area (Å²) in [6, 6.07) is 17.7. The third-order valence-electron chi connectivity index (χ3n) is 2.70. The summed E-state index contributed by atoms with van der Waals surface area (Å²) in [7, 11) is 0. The van der Waals surface area contributed by atoms with Gasteiger partial charge in [0.1, 0.15) is 5.75 Å². The van der Waals surface area contributed by atoms with Crippen LogP contribution in [0, 0.1) is 0 Å². The van der Waals surface area contributed by atoms with E-state index in [4.69, 9.17) is 0 Å². The first-order valence-electron chi connectivity index (χ1n) is 5.12. The lowest BCUT2D eigenvalue weighted by molar-refractivity contribution is 0.466. The highest BCUT2D eigenvalue weighted by Gasteiger charge is 2.10. The molecule has 0 saturated carbocycles. The summed E-state index contributed by atoms with van der Waals surface area (Å²) >= 11 is 0. The first-order chi connectivity index (χ1) is 7.29. The average Bonchev–Trinajstić information content (AvgIpc) is 2.30. The van der Waals surface area contributed by atoms with E-state index in [0.29, 0.717) is 5.75 Å². The molecule has 2 aromatic rings. The molecule has 76 valence electrons. The summed E-state index contributed by atoms with van der Waals surface area (Å²) in [4.78, 5) is 0. The van der Waals surface area contributed by atoms with Gasteiger partial charge in [-0.05, 0) is 11.6 Å². The molecule has 1 heteroatoms. The van der Waals surface area contributed by atoms with Gasteiger partial charge in [0, 0.05) is 11.5 Å². The Hall–Kier alpha value is -1.76. The van der Waals surface area contributed by atoms with Gasteiger partial charge in [-0.1, -0.05) is 55.5 Å². The van der Waals surface area contributed by atoms with Gasteiger partial charge in [0.15, 0.2) is 0 Å². The van der Waals surface area contributed by atoms with Crippen molar-refractivity contribution in [3.8, 4) is 5.75 Å². The molecule has 0 bridgehead atoms. The van der Waals surface area contributed by atoms with Crippen LogP contribution >= 0.6 is 0 Å². The molecule has 0 heterocycles. The van der Waals surface area contributed by atoms with Crippen molar-refractivity contribution in [2.75, 3.05) is 0 Å². The van der Waals surface area contributed by atoms with E-state index in [1.54, 1.807) is 6.07 Å². The fraction of sp³-hybridized carbons (Fsp3) is 0.143. The van der Waals surface area contributed by atoms with E-state index in [2.05, 4.69) is 19.1 Å². The molecule has 0 fully saturated rings. The topological polar surface area (TPSA) is 20.2 Å². The third-order valence-corrected chi connectivity index (χ3v) is 2.70. The highest BCUT2D eigenvalue weighted by atomic mass is 16.3. The lowest BCUT2D eigenvalue weighted by Gasteiger charge is -2.13. The second-order valence-corrected chi connectivity index (χ2v) is 3.69. The SMILES string of the molecule is C[C@@H](c1ccccc1)c1ccccc1O. The second kappa shape index (κ2) is 4.18. The van der Waals surface area contributed by atoms with Crippen LogP contribution in [0.4, 0.5) is 0 Å². The smallest absolute Gasteiger partial charge is 0.119 e. The fourth-order valence-corrected chi connectivity index (χ4v) is 1.77. The molecule has 0 aliphatic carbocycles. The summed E-state index contributed by atoms with van der Waals surface area (Å²) in [6.07, 6.45) is 0. The Morgan fingerprint density at radius 3 is 2.13 bits per heavy atom. The van der Waals surface area contributed by atoms with E-state index >= 15 is 0 Å². The highest BCUT2D eigenvalue weighted by molar-refractivity contribution is 5.40.